The minimum Gasteiger partial charge on any atom is -0.490 e. The third-order valence-corrected chi connectivity index (χ3v) is 5.43. The number of rotatable bonds is 7. The van der Waals surface area contributed by atoms with Crippen LogP contribution in [0.25, 0.3) is 10.8 Å². The van der Waals surface area contributed by atoms with Crippen molar-refractivity contribution in [3.8, 4) is 5.75 Å². The SMILES string of the molecule is CCCCCN(C)[C@H]1CC[C@H](Oc2ccc3c(=O)[nH]ccc3c2)CC1. The number of hydrogen-bond donors (Lipinski definition) is 1. The van der Waals surface area contributed by atoms with Crippen LogP contribution in [0.5, 0.6) is 5.75 Å². The van der Waals surface area contributed by atoms with Gasteiger partial charge in [-0.15, -0.1) is 0 Å². The van der Waals surface area contributed by atoms with E-state index in [4.69, 9.17) is 4.74 Å². The van der Waals surface area contributed by atoms with Crippen LogP contribution >= 0.6 is 0 Å². The molecule has 0 saturated heterocycles. The van der Waals surface area contributed by atoms with Crippen LogP contribution in [0.1, 0.15) is 51.9 Å². The lowest BCUT2D eigenvalue weighted by atomic mass is 9.92. The summed E-state index contributed by atoms with van der Waals surface area (Å²) in [4.78, 5) is 17.0. The summed E-state index contributed by atoms with van der Waals surface area (Å²) in [5, 5.41) is 1.65. The van der Waals surface area contributed by atoms with Gasteiger partial charge >= 0.3 is 0 Å². The molecule has 0 atom stereocenters. The molecule has 1 saturated carbocycles. The lowest BCUT2D eigenvalue weighted by Gasteiger charge is -2.34. The minimum atomic E-state index is -0.0457. The minimum absolute atomic E-state index is 0.0457. The van der Waals surface area contributed by atoms with E-state index in [9.17, 15) is 4.79 Å². The highest BCUT2D eigenvalue weighted by Crippen LogP contribution is 2.27. The van der Waals surface area contributed by atoms with Crippen LogP contribution in [-0.4, -0.2) is 35.6 Å². The van der Waals surface area contributed by atoms with Gasteiger partial charge in [0.05, 0.1) is 6.10 Å². The first-order chi connectivity index (χ1) is 12.2. The highest BCUT2D eigenvalue weighted by atomic mass is 16.5. The van der Waals surface area contributed by atoms with Gasteiger partial charge in [-0.25, -0.2) is 0 Å². The number of benzene rings is 1. The Kier molecular flexibility index (Phi) is 6.14. The van der Waals surface area contributed by atoms with Crippen molar-refractivity contribution in [2.75, 3.05) is 13.6 Å². The van der Waals surface area contributed by atoms with Crippen molar-refractivity contribution >= 4 is 10.8 Å². The average molecular weight is 342 g/mol. The molecule has 1 aliphatic carbocycles. The molecule has 1 aromatic carbocycles. The second kappa shape index (κ2) is 8.52. The highest BCUT2D eigenvalue weighted by Gasteiger charge is 2.24. The number of nitrogens with one attached hydrogen (secondary N) is 1. The smallest absolute Gasteiger partial charge is 0.255 e. The van der Waals surface area contributed by atoms with Crippen molar-refractivity contribution < 1.29 is 4.74 Å². The van der Waals surface area contributed by atoms with E-state index in [0.717, 1.165) is 24.0 Å². The summed E-state index contributed by atoms with van der Waals surface area (Å²) in [6.07, 6.45) is 10.5. The molecule has 0 unspecified atom stereocenters. The maximum Gasteiger partial charge on any atom is 0.255 e. The summed E-state index contributed by atoms with van der Waals surface area (Å²) in [7, 11) is 2.27. The molecule has 25 heavy (non-hydrogen) atoms. The molecule has 0 aliphatic heterocycles. The molecule has 0 amide bonds. The quantitative estimate of drug-likeness (QED) is 0.761. The predicted octanol–water partition coefficient (Wildman–Crippen LogP) is 4.34. The normalized spacial score (nSPS) is 20.9. The van der Waals surface area contributed by atoms with Gasteiger partial charge < -0.3 is 14.6 Å². The van der Waals surface area contributed by atoms with Crippen LogP contribution in [0.15, 0.2) is 35.3 Å². The zero-order valence-electron chi connectivity index (χ0n) is 15.5. The van der Waals surface area contributed by atoms with Gasteiger partial charge in [-0.3, -0.25) is 4.79 Å². The molecule has 1 fully saturated rings. The van der Waals surface area contributed by atoms with E-state index in [-0.39, 0.29) is 5.56 Å². The number of nitrogens with zero attached hydrogens (tertiary/aromatic N) is 1. The largest absolute Gasteiger partial charge is 0.490 e. The molecule has 3 rings (SSSR count). The number of aromatic amines is 1. The number of H-pyrrole nitrogens is 1. The van der Waals surface area contributed by atoms with E-state index in [1.807, 2.05) is 24.3 Å². The van der Waals surface area contributed by atoms with Crippen LogP contribution in [0.3, 0.4) is 0 Å². The van der Waals surface area contributed by atoms with E-state index in [1.165, 1.54) is 38.6 Å². The number of pyridine rings is 1. The Bertz CT molecular complexity index is 732. The second-order valence-electron chi connectivity index (χ2n) is 7.29. The Morgan fingerprint density at radius 3 is 2.72 bits per heavy atom. The van der Waals surface area contributed by atoms with Crippen molar-refractivity contribution in [1.82, 2.24) is 9.88 Å². The fourth-order valence-corrected chi connectivity index (χ4v) is 3.83. The summed E-state index contributed by atoms with van der Waals surface area (Å²) < 4.78 is 6.20. The lowest BCUT2D eigenvalue weighted by molar-refractivity contribution is 0.100. The van der Waals surface area contributed by atoms with Crippen LogP contribution in [0, 0.1) is 0 Å². The van der Waals surface area contributed by atoms with Gasteiger partial charge in [0.1, 0.15) is 5.75 Å². The number of ether oxygens (including phenoxy) is 1. The number of aromatic nitrogens is 1. The number of unbranched alkanes of at least 4 members (excludes halogenated alkanes) is 2. The Labute approximate surface area is 150 Å². The first kappa shape index (κ1) is 18.0. The molecule has 0 bridgehead atoms. The van der Waals surface area contributed by atoms with E-state index in [2.05, 4.69) is 23.9 Å². The summed E-state index contributed by atoms with van der Waals surface area (Å²) >= 11 is 0. The highest BCUT2D eigenvalue weighted by molar-refractivity contribution is 5.82. The molecule has 2 aromatic rings. The zero-order chi connectivity index (χ0) is 17.6. The summed E-state index contributed by atoms with van der Waals surface area (Å²) in [6, 6.07) is 8.38. The van der Waals surface area contributed by atoms with Crippen molar-refractivity contribution in [3.05, 3.63) is 40.8 Å². The summed E-state index contributed by atoms with van der Waals surface area (Å²) in [6.45, 7) is 3.47. The molecule has 1 heterocycles. The molecular formula is C21H30N2O2. The van der Waals surface area contributed by atoms with E-state index in [0.29, 0.717) is 17.5 Å². The van der Waals surface area contributed by atoms with Gasteiger partial charge in [0.25, 0.3) is 5.56 Å². The Balaban J connectivity index is 1.53. The maximum atomic E-state index is 11.8. The predicted molar refractivity (Wildman–Crippen MR) is 103 cm³/mol. The fraction of sp³-hybridized carbons (Fsp3) is 0.571. The maximum absolute atomic E-state index is 11.8. The standard InChI is InChI=1S/C21H30N2O2/c1-3-4-5-14-23(2)17-6-8-18(9-7-17)25-19-10-11-20-16(15-19)12-13-22-21(20)24/h10-13,15,17-18H,3-9,14H2,1-2H3,(H,22,24)/t17-,18-. The van der Waals surface area contributed by atoms with Gasteiger partial charge in [0.15, 0.2) is 0 Å². The average Bonchev–Trinajstić information content (AvgIpc) is 2.62. The third kappa shape index (κ3) is 4.63. The topological polar surface area (TPSA) is 45.3 Å². The van der Waals surface area contributed by atoms with Crippen molar-refractivity contribution in [2.45, 2.75) is 64.0 Å². The van der Waals surface area contributed by atoms with Crippen molar-refractivity contribution in [2.24, 2.45) is 0 Å². The van der Waals surface area contributed by atoms with Gasteiger partial charge in [-0.05, 0) is 75.3 Å². The van der Waals surface area contributed by atoms with E-state index in [1.54, 1.807) is 6.20 Å². The molecule has 1 N–H and O–H groups in total. The van der Waals surface area contributed by atoms with Gasteiger partial charge in [0.2, 0.25) is 0 Å². The third-order valence-electron chi connectivity index (χ3n) is 5.43. The zero-order valence-corrected chi connectivity index (χ0v) is 15.5. The van der Waals surface area contributed by atoms with Crippen LogP contribution < -0.4 is 10.3 Å². The summed E-state index contributed by atoms with van der Waals surface area (Å²) in [5.74, 6) is 0.873. The van der Waals surface area contributed by atoms with Gasteiger partial charge in [-0.2, -0.15) is 0 Å². The monoisotopic (exact) mass is 342 g/mol. The molecule has 1 aliphatic rings. The van der Waals surface area contributed by atoms with Crippen LogP contribution in [0.2, 0.25) is 0 Å². The van der Waals surface area contributed by atoms with Crippen LogP contribution in [0.4, 0.5) is 0 Å². The molecular weight excluding hydrogens is 312 g/mol. The van der Waals surface area contributed by atoms with Crippen LogP contribution in [-0.2, 0) is 0 Å². The first-order valence-electron chi connectivity index (χ1n) is 9.65. The Hall–Kier alpha value is -1.81. The second-order valence-corrected chi connectivity index (χ2v) is 7.29. The van der Waals surface area contributed by atoms with Gasteiger partial charge in [0, 0.05) is 17.6 Å². The van der Waals surface area contributed by atoms with Crippen molar-refractivity contribution in [1.29, 1.82) is 0 Å². The van der Waals surface area contributed by atoms with Gasteiger partial charge in [-0.1, -0.05) is 19.8 Å². The Morgan fingerprint density at radius 1 is 1.16 bits per heavy atom. The molecule has 4 heteroatoms. The van der Waals surface area contributed by atoms with E-state index < -0.39 is 0 Å². The number of fused-ring (bicyclic) bond motifs is 1. The van der Waals surface area contributed by atoms with Crippen molar-refractivity contribution in [3.63, 3.8) is 0 Å². The lowest BCUT2D eigenvalue weighted by Crippen LogP contribution is -2.38. The molecule has 136 valence electrons. The number of hydrogen-bond acceptors (Lipinski definition) is 3. The first-order valence-corrected chi connectivity index (χ1v) is 9.65. The molecule has 0 spiro atoms. The summed E-state index contributed by atoms with van der Waals surface area (Å²) in [5.41, 5.74) is -0.0457. The molecule has 4 nitrogen and oxygen atoms in total. The molecule has 1 aromatic heterocycles. The van der Waals surface area contributed by atoms with E-state index >= 15 is 0 Å². The molecule has 0 radical (unpaired) electrons. The fourth-order valence-electron chi connectivity index (χ4n) is 3.83. The Morgan fingerprint density at radius 2 is 1.96 bits per heavy atom.